The molecule has 3 nitrogen and oxygen atoms in total. The maximum absolute atomic E-state index is 9.67. The van der Waals surface area contributed by atoms with Crippen LogP contribution in [0.1, 0.15) is 46.0 Å². The standard InChI is InChI=1S/C14H27NO2/c1-11-3-4-13(9-12(11)2)15-14(10-16)5-7-17-8-6-14/h11-13,15-16H,3-10H2,1-2H3. The fraction of sp³-hybridized carbons (Fsp3) is 1.00. The van der Waals surface area contributed by atoms with Crippen molar-refractivity contribution in [1.29, 1.82) is 0 Å². The summed E-state index contributed by atoms with van der Waals surface area (Å²) >= 11 is 0. The van der Waals surface area contributed by atoms with Crippen molar-refractivity contribution >= 4 is 0 Å². The molecule has 1 aliphatic carbocycles. The summed E-state index contributed by atoms with van der Waals surface area (Å²) in [6.45, 7) is 6.53. The van der Waals surface area contributed by atoms with E-state index in [1.807, 2.05) is 0 Å². The Labute approximate surface area is 105 Å². The molecule has 3 heteroatoms. The first-order valence-electron chi connectivity index (χ1n) is 7.11. The molecule has 1 saturated heterocycles. The molecule has 1 saturated carbocycles. The molecule has 17 heavy (non-hydrogen) atoms. The van der Waals surface area contributed by atoms with Gasteiger partial charge in [-0.05, 0) is 43.9 Å². The molecule has 0 bridgehead atoms. The van der Waals surface area contributed by atoms with Crippen LogP contribution >= 0.6 is 0 Å². The van der Waals surface area contributed by atoms with Crippen LogP contribution in [0.2, 0.25) is 0 Å². The molecule has 0 spiro atoms. The minimum atomic E-state index is -0.0663. The number of rotatable bonds is 3. The third kappa shape index (κ3) is 3.21. The Kier molecular flexibility index (Phi) is 4.45. The fourth-order valence-corrected chi connectivity index (χ4v) is 3.22. The van der Waals surface area contributed by atoms with E-state index in [-0.39, 0.29) is 12.1 Å². The van der Waals surface area contributed by atoms with Gasteiger partial charge in [-0.3, -0.25) is 0 Å². The summed E-state index contributed by atoms with van der Waals surface area (Å²) in [7, 11) is 0. The number of aliphatic hydroxyl groups is 1. The van der Waals surface area contributed by atoms with Crippen LogP contribution < -0.4 is 5.32 Å². The van der Waals surface area contributed by atoms with Gasteiger partial charge < -0.3 is 15.2 Å². The van der Waals surface area contributed by atoms with Crippen molar-refractivity contribution < 1.29 is 9.84 Å². The van der Waals surface area contributed by atoms with Gasteiger partial charge in [0.1, 0.15) is 0 Å². The SMILES string of the molecule is CC1CCC(NC2(CO)CCOCC2)CC1C. The number of ether oxygens (including phenoxy) is 1. The van der Waals surface area contributed by atoms with Crippen molar-refractivity contribution in [3.8, 4) is 0 Å². The van der Waals surface area contributed by atoms with Gasteiger partial charge in [0.2, 0.25) is 0 Å². The normalized spacial score (nSPS) is 37.9. The zero-order valence-corrected chi connectivity index (χ0v) is 11.2. The molecule has 100 valence electrons. The minimum absolute atomic E-state index is 0.0663. The molecule has 0 aromatic carbocycles. The monoisotopic (exact) mass is 241 g/mol. The highest BCUT2D eigenvalue weighted by Gasteiger charge is 2.35. The summed E-state index contributed by atoms with van der Waals surface area (Å²) in [4.78, 5) is 0. The van der Waals surface area contributed by atoms with E-state index in [1.54, 1.807) is 0 Å². The Balaban J connectivity index is 1.90. The zero-order chi connectivity index (χ0) is 12.3. The average Bonchev–Trinajstić information content (AvgIpc) is 2.35. The first-order chi connectivity index (χ1) is 8.15. The van der Waals surface area contributed by atoms with E-state index < -0.39 is 0 Å². The number of aliphatic hydroxyl groups excluding tert-OH is 1. The van der Waals surface area contributed by atoms with Crippen molar-refractivity contribution in [2.75, 3.05) is 19.8 Å². The van der Waals surface area contributed by atoms with Crippen LogP contribution in [0.3, 0.4) is 0 Å². The number of hydrogen-bond donors (Lipinski definition) is 2. The van der Waals surface area contributed by atoms with E-state index in [9.17, 15) is 5.11 Å². The molecule has 3 atom stereocenters. The summed E-state index contributed by atoms with van der Waals surface area (Å²) in [6.07, 6.45) is 5.72. The highest BCUT2D eigenvalue weighted by atomic mass is 16.5. The maximum Gasteiger partial charge on any atom is 0.0615 e. The summed E-state index contributed by atoms with van der Waals surface area (Å²) in [5.41, 5.74) is -0.0663. The Morgan fingerprint density at radius 1 is 1.18 bits per heavy atom. The van der Waals surface area contributed by atoms with Crippen molar-refractivity contribution in [3.63, 3.8) is 0 Å². The summed E-state index contributed by atoms with van der Waals surface area (Å²) < 4.78 is 5.40. The van der Waals surface area contributed by atoms with E-state index in [0.29, 0.717) is 6.04 Å². The lowest BCUT2D eigenvalue weighted by atomic mass is 9.77. The topological polar surface area (TPSA) is 41.5 Å². The number of nitrogens with one attached hydrogen (secondary N) is 1. The lowest BCUT2D eigenvalue weighted by Crippen LogP contribution is -2.57. The van der Waals surface area contributed by atoms with Gasteiger partial charge in [0, 0.05) is 24.8 Å². The van der Waals surface area contributed by atoms with Crippen molar-refractivity contribution in [3.05, 3.63) is 0 Å². The first-order valence-corrected chi connectivity index (χ1v) is 7.11. The Bertz CT molecular complexity index is 238. The Hall–Kier alpha value is -0.120. The molecule has 3 unspecified atom stereocenters. The highest BCUT2D eigenvalue weighted by Crippen LogP contribution is 2.31. The molecule has 0 aromatic heterocycles. The van der Waals surface area contributed by atoms with Crippen LogP contribution in [0, 0.1) is 11.8 Å². The molecule has 0 amide bonds. The molecule has 0 radical (unpaired) electrons. The van der Waals surface area contributed by atoms with Crippen LogP contribution in [0.15, 0.2) is 0 Å². The molecule has 2 aliphatic rings. The van der Waals surface area contributed by atoms with Gasteiger partial charge in [0.15, 0.2) is 0 Å². The van der Waals surface area contributed by atoms with E-state index in [1.165, 1.54) is 19.3 Å². The van der Waals surface area contributed by atoms with Gasteiger partial charge in [-0.25, -0.2) is 0 Å². The van der Waals surface area contributed by atoms with Gasteiger partial charge in [-0.1, -0.05) is 13.8 Å². The lowest BCUT2D eigenvalue weighted by Gasteiger charge is -2.42. The molecular formula is C14H27NO2. The van der Waals surface area contributed by atoms with Gasteiger partial charge in [-0.15, -0.1) is 0 Å². The molecule has 2 rings (SSSR count). The summed E-state index contributed by atoms with van der Waals surface area (Å²) in [5, 5.41) is 13.4. The molecule has 0 aromatic rings. The van der Waals surface area contributed by atoms with Gasteiger partial charge >= 0.3 is 0 Å². The van der Waals surface area contributed by atoms with Crippen LogP contribution in [0.5, 0.6) is 0 Å². The van der Waals surface area contributed by atoms with Crippen molar-refractivity contribution in [1.82, 2.24) is 5.32 Å². The predicted molar refractivity (Wildman–Crippen MR) is 69.0 cm³/mol. The van der Waals surface area contributed by atoms with Gasteiger partial charge in [0.25, 0.3) is 0 Å². The molecule has 1 aliphatic heterocycles. The quantitative estimate of drug-likeness (QED) is 0.793. The third-order valence-electron chi connectivity index (χ3n) is 4.86. The molecule has 2 N–H and O–H groups in total. The summed E-state index contributed by atoms with van der Waals surface area (Å²) in [5.74, 6) is 1.66. The summed E-state index contributed by atoms with van der Waals surface area (Å²) in [6, 6.07) is 0.589. The molecular weight excluding hydrogens is 214 g/mol. The Morgan fingerprint density at radius 2 is 1.88 bits per heavy atom. The van der Waals surface area contributed by atoms with E-state index in [4.69, 9.17) is 4.74 Å². The van der Waals surface area contributed by atoms with Crippen LogP contribution in [0.25, 0.3) is 0 Å². The zero-order valence-electron chi connectivity index (χ0n) is 11.2. The predicted octanol–water partition coefficient (Wildman–Crippen LogP) is 1.94. The second-order valence-corrected chi connectivity index (χ2v) is 6.16. The minimum Gasteiger partial charge on any atom is -0.394 e. The van der Waals surface area contributed by atoms with Crippen LogP contribution in [0.4, 0.5) is 0 Å². The first kappa shape index (κ1) is 13.3. The highest BCUT2D eigenvalue weighted by molar-refractivity contribution is 4.94. The lowest BCUT2D eigenvalue weighted by molar-refractivity contribution is 0.00158. The average molecular weight is 241 g/mol. The van der Waals surface area contributed by atoms with Gasteiger partial charge in [-0.2, -0.15) is 0 Å². The van der Waals surface area contributed by atoms with E-state index >= 15 is 0 Å². The van der Waals surface area contributed by atoms with Crippen LogP contribution in [-0.4, -0.2) is 36.5 Å². The van der Waals surface area contributed by atoms with Crippen molar-refractivity contribution in [2.45, 2.75) is 57.5 Å². The van der Waals surface area contributed by atoms with Crippen LogP contribution in [-0.2, 0) is 4.74 Å². The van der Waals surface area contributed by atoms with E-state index in [2.05, 4.69) is 19.2 Å². The third-order valence-corrected chi connectivity index (χ3v) is 4.86. The largest absolute Gasteiger partial charge is 0.394 e. The smallest absolute Gasteiger partial charge is 0.0615 e. The second kappa shape index (κ2) is 5.68. The number of hydrogen-bond acceptors (Lipinski definition) is 3. The van der Waals surface area contributed by atoms with Crippen molar-refractivity contribution in [2.24, 2.45) is 11.8 Å². The molecule has 2 fully saturated rings. The van der Waals surface area contributed by atoms with E-state index in [0.717, 1.165) is 37.9 Å². The van der Waals surface area contributed by atoms with Gasteiger partial charge in [0.05, 0.1) is 6.61 Å². The molecule has 1 heterocycles. The second-order valence-electron chi connectivity index (χ2n) is 6.16. The maximum atomic E-state index is 9.67. The fourth-order valence-electron chi connectivity index (χ4n) is 3.22. The Morgan fingerprint density at radius 3 is 2.47 bits per heavy atom.